The lowest BCUT2D eigenvalue weighted by molar-refractivity contribution is 0.0698. The standard InChI is InChI=1S/C4H11NO3.C3H6NP/c5-4(1-6,2-7)3-8;4-2-1-3-5/h6-8H,1-3,5H2;1,3,5H2. The molecule has 0 aliphatic carbocycles. The van der Waals surface area contributed by atoms with Crippen LogP contribution in [0.4, 0.5) is 0 Å². The lowest BCUT2D eigenvalue weighted by Gasteiger charge is -2.20. The third kappa shape index (κ3) is 9.68. The molecule has 0 radical (unpaired) electrons. The highest BCUT2D eigenvalue weighted by Crippen LogP contribution is 1.93. The van der Waals surface area contributed by atoms with Gasteiger partial charge in [-0.1, -0.05) is 0 Å². The third-order valence-corrected chi connectivity index (χ3v) is 1.49. The number of nitriles is 1. The maximum Gasteiger partial charge on any atom is 0.0856 e. The van der Waals surface area contributed by atoms with E-state index < -0.39 is 25.4 Å². The first kappa shape index (κ1) is 15.2. The van der Waals surface area contributed by atoms with Crippen molar-refractivity contribution < 1.29 is 15.3 Å². The van der Waals surface area contributed by atoms with Crippen LogP contribution in [0, 0.1) is 11.3 Å². The van der Waals surface area contributed by atoms with E-state index in [4.69, 9.17) is 26.3 Å². The van der Waals surface area contributed by atoms with Crippen molar-refractivity contribution in [1.29, 1.82) is 5.26 Å². The van der Waals surface area contributed by atoms with E-state index in [2.05, 4.69) is 9.24 Å². The van der Waals surface area contributed by atoms with E-state index in [0.717, 1.165) is 6.16 Å². The van der Waals surface area contributed by atoms with E-state index in [1.807, 2.05) is 6.07 Å². The molecule has 0 aliphatic rings. The van der Waals surface area contributed by atoms with Crippen LogP contribution < -0.4 is 5.73 Å². The van der Waals surface area contributed by atoms with Gasteiger partial charge in [0.05, 0.1) is 31.4 Å². The average molecular weight is 208 g/mol. The SMILES string of the molecule is N#CCCP.NC(CO)(CO)CO. The second-order valence-corrected chi connectivity index (χ2v) is 3.11. The summed E-state index contributed by atoms with van der Waals surface area (Å²) in [6.07, 6.45) is 1.56. The van der Waals surface area contributed by atoms with Gasteiger partial charge in [-0.15, -0.1) is 9.24 Å². The van der Waals surface area contributed by atoms with Crippen LogP contribution in [0.1, 0.15) is 6.42 Å². The molecule has 0 saturated carbocycles. The molecule has 5 N–H and O–H groups in total. The van der Waals surface area contributed by atoms with Gasteiger partial charge in [0.2, 0.25) is 0 Å². The monoisotopic (exact) mass is 208 g/mol. The molecule has 0 heterocycles. The van der Waals surface area contributed by atoms with Crippen LogP contribution in [-0.2, 0) is 0 Å². The van der Waals surface area contributed by atoms with Gasteiger partial charge in [-0.3, -0.25) is 0 Å². The molecule has 0 amide bonds. The Bertz CT molecular complexity index is 137. The molecule has 0 saturated heterocycles. The molecule has 78 valence electrons. The van der Waals surface area contributed by atoms with Crippen molar-refractivity contribution in [2.45, 2.75) is 12.0 Å². The Morgan fingerprint density at radius 3 is 1.62 bits per heavy atom. The number of aliphatic hydroxyl groups excluding tert-OH is 3. The molecule has 0 bridgehead atoms. The zero-order valence-corrected chi connectivity index (χ0v) is 8.63. The summed E-state index contributed by atoms with van der Waals surface area (Å²) in [6, 6.07) is 2.00. The summed E-state index contributed by atoms with van der Waals surface area (Å²) in [4.78, 5) is 0. The Balaban J connectivity index is 0. The van der Waals surface area contributed by atoms with Crippen molar-refractivity contribution in [1.82, 2.24) is 0 Å². The Labute approximate surface area is 80.4 Å². The van der Waals surface area contributed by atoms with Crippen LogP contribution in [0.25, 0.3) is 0 Å². The van der Waals surface area contributed by atoms with Crippen LogP contribution in [0.2, 0.25) is 0 Å². The Morgan fingerprint density at radius 2 is 1.62 bits per heavy atom. The summed E-state index contributed by atoms with van der Waals surface area (Å²) >= 11 is 0. The number of aliphatic hydroxyl groups is 3. The molecule has 0 aliphatic heterocycles. The van der Waals surface area contributed by atoms with E-state index in [1.54, 1.807) is 0 Å². The van der Waals surface area contributed by atoms with Gasteiger partial charge in [-0.2, -0.15) is 5.26 Å². The fraction of sp³-hybridized carbons (Fsp3) is 0.857. The Morgan fingerprint density at radius 1 is 1.23 bits per heavy atom. The number of nitrogens with two attached hydrogens (primary N) is 1. The van der Waals surface area contributed by atoms with Gasteiger partial charge in [0, 0.05) is 6.42 Å². The van der Waals surface area contributed by atoms with Gasteiger partial charge in [-0.25, -0.2) is 0 Å². The first-order valence-electron chi connectivity index (χ1n) is 3.78. The van der Waals surface area contributed by atoms with E-state index in [0.29, 0.717) is 6.42 Å². The predicted molar refractivity (Wildman–Crippen MR) is 53.0 cm³/mol. The van der Waals surface area contributed by atoms with Gasteiger partial charge in [0.15, 0.2) is 0 Å². The normalized spacial score (nSPS) is 9.85. The summed E-state index contributed by atoms with van der Waals surface area (Å²) in [6.45, 7) is -1.21. The lowest BCUT2D eigenvalue weighted by atomic mass is 10.1. The van der Waals surface area contributed by atoms with Crippen molar-refractivity contribution in [3.05, 3.63) is 0 Å². The third-order valence-electron chi connectivity index (χ3n) is 1.20. The van der Waals surface area contributed by atoms with Crippen LogP contribution in [-0.4, -0.2) is 46.8 Å². The van der Waals surface area contributed by atoms with E-state index >= 15 is 0 Å². The van der Waals surface area contributed by atoms with Crippen molar-refractivity contribution in [3.63, 3.8) is 0 Å². The van der Waals surface area contributed by atoms with Crippen molar-refractivity contribution in [3.8, 4) is 6.07 Å². The van der Waals surface area contributed by atoms with Gasteiger partial charge in [0.25, 0.3) is 0 Å². The molecule has 5 nitrogen and oxygen atoms in total. The fourth-order valence-corrected chi connectivity index (χ4v) is 0.344. The maximum atomic E-state index is 8.34. The molecule has 0 rings (SSSR count). The summed E-state index contributed by atoms with van der Waals surface area (Å²) in [5.41, 5.74) is 3.94. The van der Waals surface area contributed by atoms with Gasteiger partial charge in [0.1, 0.15) is 0 Å². The highest BCUT2D eigenvalue weighted by molar-refractivity contribution is 7.16. The second kappa shape index (κ2) is 9.85. The van der Waals surface area contributed by atoms with Crippen LogP contribution >= 0.6 is 9.24 Å². The topological polar surface area (TPSA) is 111 Å². The second-order valence-electron chi connectivity index (χ2n) is 2.53. The van der Waals surface area contributed by atoms with Gasteiger partial charge in [-0.05, 0) is 6.16 Å². The minimum Gasteiger partial charge on any atom is -0.394 e. The molecule has 0 aromatic carbocycles. The smallest absolute Gasteiger partial charge is 0.0856 e. The number of rotatable bonds is 4. The summed E-state index contributed by atoms with van der Waals surface area (Å²) in [5, 5.41) is 32.8. The van der Waals surface area contributed by atoms with Crippen LogP contribution in [0.5, 0.6) is 0 Å². The van der Waals surface area contributed by atoms with E-state index in [9.17, 15) is 0 Å². The molecule has 6 heteroatoms. The minimum absolute atomic E-state index is 0.403. The zero-order valence-electron chi connectivity index (χ0n) is 7.48. The number of nitrogens with zero attached hydrogens (tertiary/aromatic N) is 1. The first-order valence-corrected chi connectivity index (χ1v) is 4.60. The van der Waals surface area contributed by atoms with Crippen molar-refractivity contribution >= 4 is 9.24 Å². The van der Waals surface area contributed by atoms with Crippen molar-refractivity contribution in [2.24, 2.45) is 5.73 Å². The molecule has 1 atom stereocenters. The molecule has 0 aromatic heterocycles. The summed E-state index contributed by atoms with van der Waals surface area (Å²) in [7, 11) is 2.48. The molecule has 0 spiro atoms. The minimum atomic E-state index is -1.21. The first-order chi connectivity index (χ1) is 6.10. The van der Waals surface area contributed by atoms with Crippen LogP contribution in [0.3, 0.4) is 0 Å². The highest BCUT2D eigenvalue weighted by atomic mass is 31.0. The number of hydrogen-bond acceptors (Lipinski definition) is 5. The van der Waals surface area contributed by atoms with Gasteiger partial charge >= 0.3 is 0 Å². The summed E-state index contributed by atoms with van der Waals surface area (Å²) in [5.74, 6) is 0. The molecular formula is C7H17N2O3P. The van der Waals surface area contributed by atoms with E-state index in [1.165, 1.54) is 0 Å². The predicted octanol–water partition coefficient (Wildman–Crippen LogP) is -1.56. The highest BCUT2D eigenvalue weighted by Gasteiger charge is 2.20. The zero-order chi connectivity index (χ0) is 10.7. The Kier molecular flexibility index (Phi) is 11.5. The molecule has 0 fully saturated rings. The summed E-state index contributed by atoms with van der Waals surface area (Å²) < 4.78 is 0. The molecule has 0 aromatic rings. The quantitative estimate of drug-likeness (QED) is 0.417. The average Bonchev–Trinajstić information content (AvgIpc) is 2.19. The largest absolute Gasteiger partial charge is 0.394 e. The van der Waals surface area contributed by atoms with E-state index in [-0.39, 0.29) is 0 Å². The Hall–Kier alpha value is -0.240. The molecular weight excluding hydrogens is 191 g/mol. The van der Waals surface area contributed by atoms with Gasteiger partial charge < -0.3 is 21.1 Å². The fourth-order valence-electron chi connectivity index (χ4n) is 0.215. The van der Waals surface area contributed by atoms with Crippen molar-refractivity contribution in [2.75, 3.05) is 26.0 Å². The van der Waals surface area contributed by atoms with Crippen LogP contribution in [0.15, 0.2) is 0 Å². The maximum absolute atomic E-state index is 8.34. The number of hydrogen-bond donors (Lipinski definition) is 4. The molecule has 13 heavy (non-hydrogen) atoms. The lowest BCUT2D eigenvalue weighted by Crippen LogP contribution is -2.50. The molecule has 1 unspecified atom stereocenters.